The first-order chi connectivity index (χ1) is 13.8. The van der Waals surface area contributed by atoms with E-state index in [9.17, 15) is 4.79 Å². The third kappa shape index (κ3) is 6.15. The van der Waals surface area contributed by atoms with Crippen molar-refractivity contribution in [3.63, 3.8) is 0 Å². The first kappa shape index (κ1) is 21.0. The lowest BCUT2D eigenvalue weighted by Gasteiger charge is -2.22. The molecular weight excluding hydrogens is 378 g/mol. The van der Waals surface area contributed by atoms with E-state index in [1.165, 1.54) is 13.5 Å². The number of hydrogen-bond acceptors (Lipinski definition) is 7. The summed E-state index contributed by atoms with van der Waals surface area (Å²) in [7, 11) is 1.40. The fraction of sp³-hybridized carbons (Fsp3) is 0.571. The molecule has 0 radical (unpaired) electrons. The van der Waals surface area contributed by atoms with Crippen molar-refractivity contribution in [2.24, 2.45) is 0 Å². The van der Waals surface area contributed by atoms with E-state index in [1.807, 2.05) is 34.6 Å². The van der Waals surface area contributed by atoms with Crippen LogP contribution in [0.3, 0.4) is 0 Å². The Morgan fingerprint density at radius 2 is 2.14 bits per heavy atom. The van der Waals surface area contributed by atoms with Gasteiger partial charge in [-0.05, 0) is 50.7 Å². The number of carbonyl (C=O) groups is 1. The van der Waals surface area contributed by atoms with Crippen molar-refractivity contribution >= 4 is 23.4 Å². The molecule has 3 rings (SSSR count). The molecule has 0 spiro atoms. The lowest BCUT2D eigenvalue weighted by molar-refractivity contribution is -0.162. The number of methoxy groups -OCH3 is 1. The summed E-state index contributed by atoms with van der Waals surface area (Å²) in [5.74, 6) is 1.18. The van der Waals surface area contributed by atoms with E-state index in [0.717, 1.165) is 56.8 Å². The molecule has 28 heavy (non-hydrogen) atoms. The third-order valence-corrected chi connectivity index (χ3v) is 5.51. The van der Waals surface area contributed by atoms with Crippen LogP contribution < -0.4 is 9.64 Å². The van der Waals surface area contributed by atoms with Crippen LogP contribution in [0, 0.1) is 0 Å². The normalized spacial score (nSPS) is 19.4. The van der Waals surface area contributed by atoms with Gasteiger partial charge in [-0.25, -0.2) is 4.79 Å². The summed E-state index contributed by atoms with van der Waals surface area (Å²) in [6.45, 7) is 2.23. The van der Waals surface area contributed by atoms with Crippen LogP contribution in [-0.4, -0.2) is 45.1 Å². The fourth-order valence-corrected chi connectivity index (χ4v) is 4.06. The molecule has 0 N–H and O–H groups in total. The summed E-state index contributed by atoms with van der Waals surface area (Å²) >= 11 is 1.58. The van der Waals surface area contributed by atoms with E-state index in [1.54, 1.807) is 11.8 Å². The average Bonchev–Trinajstić information content (AvgIpc) is 3.23. The van der Waals surface area contributed by atoms with Gasteiger partial charge in [-0.1, -0.05) is 6.07 Å². The number of benzene rings is 1. The highest BCUT2D eigenvalue weighted by Crippen LogP contribution is 2.32. The summed E-state index contributed by atoms with van der Waals surface area (Å²) in [5, 5.41) is 1.83. The number of hydrogen-bond donors (Lipinski definition) is 0. The van der Waals surface area contributed by atoms with Crippen molar-refractivity contribution in [1.82, 2.24) is 0 Å². The molecule has 1 fully saturated rings. The highest BCUT2D eigenvalue weighted by molar-refractivity contribution is 8.02. The second-order valence-corrected chi connectivity index (χ2v) is 7.62. The molecule has 1 aromatic rings. The van der Waals surface area contributed by atoms with E-state index in [2.05, 4.69) is 0 Å². The third-order valence-electron chi connectivity index (χ3n) is 4.71. The van der Waals surface area contributed by atoms with Gasteiger partial charge in [0.15, 0.2) is 6.29 Å². The molecule has 1 saturated heterocycles. The van der Waals surface area contributed by atoms with Crippen molar-refractivity contribution in [3.8, 4) is 5.75 Å². The number of carbonyl (C=O) groups excluding carboxylic acids is 1. The number of rotatable bonds is 10. The standard InChI is InChI=1S/C21H29NO5S/c1-24-21(23)19-15-28-16-22(19)17-8-7-9-18(14-17)25-11-4-2-5-12-26-20-10-3-6-13-27-20/h7-9,14-15,20H,2-6,10-13,16H2,1H3. The average molecular weight is 408 g/mol. The van der Waals surface area contributed by atoms with Gasteiger partial charge in [-0.15, -0.1) is 11.8 Å². The molecule has 1 aromatic carbocycles. The van der Waals surface area contributed by atoms with Gasteiger partial charge < -0.3 is 23.8 Å². The topological polar surface area (TPSA) is 57.2 Å². The second kappa shape index (κ2) is 11.3. The number of esters is 1. The molecule has 0 bridgehead atoms. The van der Waals surface area contributed by atoms with Gasteiger partial charge in [0.25, 0.3) is 0 Å². The minimum Gasteiger partial charge on any atom is -0.494 e. The van der Waals surface area contributed by atoms with Crippen LogP contribution in [-0.2, 0) is 19.0 Å². The van der Waals surface area contributed by atoms with Gasteiger partial charge in [-0.2, -0.15) is 0 Å². The van der Waals surface area contributed by atoms with Crippen LogP contribution in [0.1, 0.15) is 38.5 Å². The Balaban J connectivity index is 1.36. The maximum Gasteiger partial charge on any atom is 0.355 e. The predicted molar refractivity (Wildman–Crippen MR) is 110 cm³/mol. The summed E-state index contributed by atoms with van der Waals surface area (Å²) < 4.78 is 22.1. The van der Waals surface area contributed by atoms with Crippen molar-refractivity contribution in [2.45, 2.75) is 44.8 Å². The summed E-state index contributed by atoms with van der Waals surface area (Å²) in [6.07, 6.45) is 6.42. The van der Waals surface area contributed by atoms with Crippen molar-refractivity contribution in [3.05, 3.63) is 35.4 Å². The second-order valence-electron chi connectivity index (χ2n) is 6.79. The SMILES string of the molecule is COC(=O)C1=CSCN1c1cccc(OCCCCCOC2CCCCO2)c1. The van der Waals surface area contributed by atoms with E-state index < -0.39 is 0 Å². The van der Waals surface area contributed by atoms with Crippen LogP contribution in [0.2, 0.25) is 0 Å². The minimum absolute atomic E-state index is 0.000390. The number of ether oxygens (including phenoxy) is 4. The molecule has 0 aliphatic carbocycles. The van der Waals surface area contributed by atoms with E-state index in [-0.39, 0.29) is 12.3 Å². The molecule has 1 atom stereocenters. The molecular formula is C21H29NO5S. The lowest BCUT2D eigenvalue weighted by Crippen LogP contribution is -2.24. The highest BCUT2D eigenvalue weighted by atomic mass is 32.2. The van der Waals surface area contributed by atoms with Gasteiger partial charge in [-0.3, -0.25) is 0 Å². The number of thioether (sulfide) groups is 1. The largest absolute Gasteiger partial charge is 0.494 e. The Hall–Kier alpha value is -1.70. The molecule has 154 valence electrons. The lowest BCUT2D eigenvalue weighted by atomic mass is 10.2. The van der Waals surface area contributed by atoms with Gasteiger partial charge in [0.1, 0.15) is 11.4 Å². The Labute approximate surface area is 171 Å². The van der Waals surface area contributed by atoms with E-state index in [4.69, 9.17) is 18.9 Å². The summed E-state index contributed by atoms with van der Waals surface area (Å²) in [6, 6.07) is 7.82. The molecule has 2 aliphatic rings. The number of nitrogens with zero attached hydrogens (tertiary/aromatic N) is 1. The van der Waals surface area contributed by atoms with Gasteiger partial charge in [0.2, 0.25) is 0 Å². The predicted octanol–water partition coefficient (Wildman–Crippen LogP) is 4.30. The molecule has 7 heteroatoms. The van der Waals surface area contributed by atoms with Crippen molar-refractivity contribution in [2.75, 3.05) is 37.7 Å². The van der Waals surface area contributed by atoms with Crippen LogP contribution in [0.5, 0.6) is 5.75 Å². The zero-order chi connectivity index (χ0) is 19.6. The minimum atomic E-state index is -0.322. The van der Waals surface area contributed by atoms with E-state index in [0.29, 0.717) is 18.2 Å². The van der Waals surface area contributed by atoms with Crippen LogP contribution in [0.15, 0.2) is 35.4 Å². The maximum absolute atomic E-state index is 11.9. The Kier molecular flexibility index (Phi) is 8.51. The fourth-order valence-electron chi connectivity index (χ4n) is 3.17. The van der Waals surface area contributed by atoms with Crippen molar-refractivity contribution < 1.29 is 23.7 Å². The molecule has 2 aliphatic heterocycles. The quantitative estimate of drug-likeness (QED) is 0.423. The molecule has 0 aromatic heterocycles. The van der Waals surface area contributed by atoms with Crippen LogP contribution in [0.4, 0.5) is 5.69 Å². The monoisotopic (exact) mass is 407 g/mol. The maximum atomic E-state index is 11.9. The first-order valence-electron chi connectivity index (χ1n) is 9.91. The smallest absolute Gasteiger partial charge is 0.355 e. The summed E-state index contributed by atoms with van der Waals surface area (Å²) in [5.41, 5.74) is 1.49. The van der Waals surface area contributed by atoms with Gasteiger partial charge in [0.05, 0.1) is 19.6 Å². The van der Waals surface area contributed by atoms with Gasteiger partial charge >= 0.3 is 5.97 Å². The molecule has 0 saturated carbocycles. The summed E-state index contributed by atoms with van der Waals surface area (Å²) in [4.78, 5) is 13.8. The number of unbranched alkanes of at least 4 members (excludes halogenated alkanes) is 2. The van der Waals surface area contributed by atoms with Crippen LogP contribution >= 0.6 is 11.8 Å². The highest BCUT2D eigenvalue weighted by Gasteiger charge is 2.24. The van der Waals surface area contributed by atoms with Crippen LogP contribution in [0.25, 0.3) is 0 Å². The molecule has 2 heterocycles. The number of anilines is 1. The zero-order valence-corrected chi connectivity index (χ0v) is 17.2. The van der Waals surface area contributed by atoms with Crippen molar-refractivity contribution in [1.29, 1.82) is 0 Å². The molecule has 6 nitrogen and oxygen atoms in total. The van der Waals surface area contributed by atoms with Gasteiger partial charge in [0, 0.05) is 30.4 Å². The Morgan fingerprint density at radius 1 is 1.25 bits per heavy atom. The molecule has 0 amide bonds. The Bertz CT molecular complexity index is 660. The first-order valence-corrected chi connectivity index (χ1v) is 11.0. The Morgan fingerprint density at radius 3 is 2.96 bits per heavy atom. The zero-order valence-electron chi connectivity index (χ0n) is 16.4. The molecule has 1 unspecified atom stereocenters. The van der Waals surface area contributed by atoms with E-state index >= 15 is 0 Å².